The SMILES string of the molecule is C=CC(C)=O.CCC(C)CCC(C)C1=CC=C(C)CC1. The van der Waals surface area contributed by atoms with E-state index < -0.39 is 0 Å². The third kappa shape index (κ3) is 8.90. The van der Waals surface area contributed by atoms with Crippen molar-refractivity contribution in [3.63, 3.8) is 0 Å². The minimum atomic E-state index is 0.0185. The van der Waals surface area contributed by atoms with E-state index in [0.717, 1.165) is 11.8 Å². The summed E-state index contributed by atoms with van der Waals surface area (Å²) in [6.07, 6.45) is 12.6. The first kappa shape index (κ1) is 18.9. The highest BCUT2D eigenvalue weighted by Gasteiger charge is 2.12. The van der Waals surface area contributed by atoms with Gasteiger partial charge in [-0.25, -0.2) is 0 Å². The first-order valence-corrected chi connectivity index (χ1v) is 7.89. The van der Waals surface area contributed by atoms with Gasteiger partial charge < -0.3 is 0 Å². The van der Waals surface area contributed by atoms with E-state index in [9.17, 15) is 4.79 Å². The molecule has 0 amide bonds. The van der Waals surface area contributed by atoms with Crippen LogP contribution in [-0.2, 0) is 4.79 Å². The summed E-state index contributed by atoms with van der Waals surface area (Å²) in [5, 5.41) is 0. The average Bonchev–Trinajstić information content (AvgIpc) is 2.45. The van der Waals surface area contributed by atoms with Gasteiger partial charge in [0.05, 0.1) is 0 Å². The Balaban J connectivity index is 0.000000621. The largest absolute Gasteiger partial charge is 0.295 e. The Hall–Kier alpha value is -1.11. The minimum Gasteiger partial charge on any atom is -0.295 e. The van der Waals surface area contributed by atoms with E-state index in [1.54, 1.807) is 5.57 Å². The highest BCUT2D eigenvalue weighted by atomic mass is 16.1. The van der Waals surface area contributed by atoms with Gasteiger partial charge in [-0.2, -0.15) is 0 Å². The maximum Gasteiger partial charge on any atom is 0.152 e. The van der Waals surface area contributed by atoms with Gasteiger partial charge in [0.2, 0.25) is 0 Å². The molecule has 20 heavy (non-hydrogen) atoms. The van der Waals surface area contributed by atoms with Crippen molar-refractivity contribution in [3.05, 3.63) is 36.0 Å². The van der Waals surface area contributed by atoms with Gasteiger partial charge in [0.1, 0.15) is 0 Å². The molecule has 2 atom stereocenters. The molecule has 0 saturated heterocycles. The summed E-state index contributed by atoms with van der Waals surface area (Å²) >= 11 is 0. The van der Waals surface area contributed by atoms with E-state index in [4.69, 9.17) is 0 Å². The van der Waals surface area contributed by atoms with Crippen LogP contribution in [-0.4, -0.2) is 5.78 Å². The van der Waals surface area contributed by atoms with Gasteiger partial charge in [-0.3, -0.25) is 4.79 Å². The van der Waals surface area contributed by atoms with Crippen LogP contribution in [0.2, 0.25) is 0 Å². The molecule has 1 rings (SSSR count). The van der Waals surface area contributed by atoms with Crippen LogP contribution < -0.4 is 0 Å². The predicted molar refractivity (Wildman–Crippen MR) is 89.8 cm³/mol. The van der Waals surface area contributed by atoms with Gasteiger partial charge in [-0.15, -0.1) is 0 Å². The first-order chi connectivity index (χ1) is 9.40. The summed E-state index contributed by atoms with van der Waals surface area (Å²) in [5.41, 5.74) is 3.21. The number of carbonyl (C=O) groups excluding carboxylic acids is 1. The second kappa shape index (κ2) is 10.7. The summed E-state index contributed by atoms with van der Waals surface area (Å²) in [6.45, 7) is 14.0. The highest BCUT2D eigenvalue weighted by molar-refractivity contribution is 5.86. The summed E-state index contributed by atoms with van der Waals surface area (Å²) in [5.74, 6) is 1.71. The van der Waals surface area contributed by atoms with Crippen LogP contribution in [0.5, 0.6) is 0 Å². The molecular formula is C19H32O. The number of allylic oxidation sites excluding steroid dienone is 5. The standard InChI is InChI=1S/C15H26.C4H6O/c1-5-12(2)6-9-14(4)15-10-7-13(3)8-11-15;1-3-4(2)5/h7,10,12,14H,5-6,8-9,11H2,1-4H3;3H,1H2,2H3. The van der Waals surface area contributed by atoms with Crippen molar-refractivity contribution in [2.45, 2.75) is 66.7 Å². The van der Waals surface area contributed by atoms with Crippen molar-refractivity contribution in [2.24, 2.45) is 11.8 Å². The van der Waals surface area contributed by atoms with Gasteiger partial charge in [-0.1, -0.05) is 63.5 Å². The molecule has 0 heterocycles. The van der Waals surface area contributed by atoms with E-state index in [-0.39, 0.29) is 5.78 Å². The topological polar surface area (TPSA) is 17.1 Å². The third-order valence-corrected chi connectivity index (χ3v) is 4.10. The van der Waals surface area contributed by atoms with Crippen molar-refractivity contribution in [2.75, 3.05) is 0 Å². The average molecular weight is 276 g/mol. The fraction of sp³-hybridized carbons (Fsp3) is 0.632. The quantitative estimate of drug-likeness (QED) is 0.554. The lowest BCUT2D eigenvalue weighted by Crippen LogP contribution is -2.05. The molecule has 0 saturated carbocycles. The maximum absolute atomic E-state index is 9.69. The molecule has 1 aliphatic carbocycles. The van der Waals surface area contributed by atoms with Crippen LogP contribution >= 0.6 is 0 Å². The van der Waals surface area contributed by atoms with Gasteiger partial charge in [0.25, 0.3) is 0 Å². The van der Waals surface area contributed by atoms with Crippen molar-refractivity contribution >= 4 is 5.78 Å². The van der Waals surface area contributed by atoms with E-state index in [1.807, 2.05) is 0 Å². The molecule has 0 aromatic rings. The zero-order valence-corrected chi connectivity index (χ0v) is 14.0. The fourth-order valence-corrected chi connectivity index (χ4v) is 2.09. The van der Waals surface area contributed by atoms with Gasteiger partial charge in [0.15, 0.2) is 5.78 Å². The normalized spacial score (nSPS) is 17.1. The zero-order chi connectivity index (χ0) is 15.5. The monoisotopic (exact) mass is 276 g/mol. The Kier molecular flexibility index (Phi) is 10.1. The smallest absolute Gasteiger partial charge is 0.152 e. The molecule has 1 aliphatic rings. The zero-order valence-electron chi connectivity index (χ0n) is 14.0. The Morgan fingerprint density at radius 2 is 1.90 bits per heavy atom. The van der Waals surface area contributed by atoms with Crippen molar-refractivity contribution in [3.8, 4) is 0 Å². The molecule has 0 fully saturated rings. The van der Waals surface area contributed by atoms with Crippen molar-refractivity contribution in [1.29, 1.82) is 0 Å². The van der Waals surface area contributed by atoms with E-state index in [0.29, 0.717) is 0 Å². The molecule has 2 unspecified atom stereocenters. The predicted octanol–water partition coefficient (Wildman–Crippen LogP) is 5.88. The lowest BCUT2D eigenvalue weighted by atomic mass is 9.86. The Morgan fingerprint density at radius 1 is 1.30 bits per heavy atom. The summed E-state index contributed by atoms with van der Waals surface area (Å²) in [6, 6.07) is 0. The van der Waals surface area contributed by atoms with Crippen LogP contribution in [0.1, 0.15) is 66.7 Å². The van der Waals surface area contributed by atoms with Crippen LogP contribution in [0.15, 0.2) is 36.0 Å². The maximum atomic E-state index is 9.69. The molecule has 1 heteroatoms. The Morgan fingerprint density at radius 3 is 2.30 bits per heavy atom. The van der Waals surface area contributed by atoms with E-state index in [1.165, 1.54) is 50.7 Å². The highest BCUT2D eigenvalue weighted by Crippen LogP contribution is 2.28. The van der Waals surface area contributed by atoms with Crippen LogP contribution in [0, 0.1) is 11.8 Å². The second-order valence-corrected chi connectivity index (χ2v) is 6.06. The second-order valence-electron chi connectivity index (χ2n) is 6.06. The van der Waals surface area contributed by atoms with Gasteiger partial charge in [-0.05, 0) is 51.0 Å². The molecule has 0 aromatic heterocycles. The molecule has 0 aliphatic heterocycles. The molecular weight excluding hydrogens is 244 g/mol. The lowest BCUT2D eigenvalue weighted by molar-refractivity contribution is -0.112. The van der Waals surface area contributed by atoms with Crippen LogP contribution in [0.3, 0.4) is 0 Å². The van der Waals surface area contributed by atoms with Gasteiger partial charge >= 0.3 is 0 Å². The molecule has 0 radical (unpaired) electrons. The van der Waals surface area contributed by atoms with Crippen molar-refractivity contribution in [1.82, 2.24) is 0 Å². The Bertz CT molecular complexity index is 360. The van der Waals surface area contributed by atoms with Crippen molar-refractivity contribution < 1.29 is 4.79 Å². The number of hydrogen-bond acceptors (Lipinski definition) is 1. The first-order valence-electron chi connectivity index (χ1n) is 7.89. The third-order valence-electron chi connectivity index (χ3n) is 4.10. The molecule has 0 N–H and O–H groups in total. The Labute approximate surface area is 125 Å². The number of hydrogen-bond donors (Lipinski definition) is 0. The lowest BCUT2D eigenvalue weighted by Gasteiger charge is -2.20. The minimum absolute atomic E-state index is 0.0185. The fourth-order valence-electron chi connectivity index (χ4n) is 2.09. The van der Waals surface area contributed by atoms with Crippen LogP contribution in [0.25, 0.3) is 0 Å². The number of ketones is 1. The molecule has 0 spiro atoms. The van der Waals surface area contributed by atoms with Crippen LogP contribution in [0.4, 0.5) is 0 Å². The summed E-state index contributed by atoms with van der Waals surface area (Å²) in [4.78, 5) is 9.69. The molecule has 0 bridgehead atoms. The number of rotatable bonds is 6. The van der Waals surface area contributed by atoms with E-state index >= 15 is 0 Å². The summed E-state index contributed by atoms with van der Waals surface area (Å²) in [7, 11) is 0. The van der Waals surface area contributed by atoms with E-state index in [2.05, 4.69) is 46.4 Å². The van der Waals surface area contributed by atoms with Gasteiger partial charge in [0, 0.05) is 0 Å². The molecule has 114 valence electrons. The molecule has 0 aromatic carbocycles. The molecule has 1 nitrogen and oxygen atoms in total. The summed E-state index contributed by atoms with van der Waals surface area (Å²) < 4.78 is 0. The number of carbonyl (C=O) groups is 1.